The number of aromatic nitrogens is 2. The quantitative estimate of drug-likeness (QED) is 0.874. The molecular weight excluding hydrogens is 304 g/mol. The van der Waals surface area contributed by atoms with Crippen molar-refractivity contribution in [3.63, 3.8) is 0 Å². The largest absolute Gasteiger partial charge is 0.386 e. The molecule has 1 atom stereocenters. The number of hydrogen-bond donors (Lipinski definition) is 1. The Hall–Kier alpha value is -0.350. The second-order valence-electron chi connectivity index (χ2n) is 5.73. The molecule has 1 aromatic heterocycles. The number of hydrogen-bond acceptors (Lipinski definition) is 2. The molecule has 0 spiro atoms. The molecule has 1 fully saturated rings. The molecule has 0 radical (unpaired) electrons. The third kappa shape index (κ3) is 3.40. The number of nitrogens with zero attached hydrogens (tertiary/aromatic N) is 2. The molecule has 1 saturated carbocycles. The van der Waals surface area contributed by atoms with E-state index >= 15 is 0 Å². The van der Waals surface area contributed by atoms with Crippen LogP contribution in [0.15, 0.2) is 10.7 Å². The number of halogens is 1. The molecule has 19 heavy (non-hydrogen) atoms. The lowest BCUT2D eigenvalue weighted by Gasteiger charge is -2.31. The lowest BCUT2D eigenvalue weighted by Crippen LogP contribution is -2.22. The highest BCUT2D eigenvalue weighted by Gasteiger charge is 2.30. The van der Waals surface area contributed by atoms with Crippen LogP contribution in [0.4, 0.5) is 0 Å². The highest BCUT2D eigenvalue weighted by atomic mass is 79.9. The zero-order valence-corrected chi connectivity index (χ0v) is 13.6. The Morgan fingerprint density at radius 2 is 2.05 bits per heavy atom. The van der Waals surface area contributed by atoms with Crippen molar-refractivity contribution in [3.05, 3.63) is 16.4 Å². The number of aliphatic hydroxyl groups is 1. The summed E-state index contributed by atoms with van der Waals surface area (Å²) in [5, 5.41) is 15.1. The van der Waals surface area contributed by atoms with Crippen molar-refractivity contribution in [2.75, 3.05) is 0 Å². The van der Waals surface area contributed by atoms with Crippen molar-refractivity contribution in [2.45, 2.75) is 65.0 Å². The van der Waals surface area contributed by atoms with Crippen LogP contribution >= 0.6 is 15.9 Å². The fourth-order valence-corrected chi connectivity index (χ4v) is 3.72. The smallest absolute Gasteiger partial charge is 0.0996 e. The maximum Gasteiger partial charge on any atom is 0.0996 e. The van der Waals surface area contributed by atoms with Crippen molar-refractivity contribution >= 4 is 15.9 Å². The van der Waals surface area contributed by atoms with Crippen LogP contribution in [-0.2, 0) is 6.54 Å². The molecule has 0 aliphatic heterocycles. The molecule has 108 valence electrons. The van der Waals surface area contributed by atoms with Gasteiger partial charge >= 0.3 is 0 Å². The van der Waals surface area contributed by atoms with Crippen molar-refractivity contribution < 1.29 is 5.11 Å². The Bertz CT molecular complexity index is 397. The summed E-state index contributed by atoms with van der Waals surface area (Å²) in [6.07, 6.45) is 8.56. The molecule has 1 unspecified atom stereocenters. The molecule has 0 amide bonds. The summed E-state index contributed by atoms with van der Waals surface area (Å²) in [6.45, 7) is 5.29. The van der Waals surface area contributed by atoms with Crippen molar-refractivity contribution in [1.29, 1.82) is 0 Å². The van der Waals surface area contributed by atoms with Gasteiger partial charge in [-0.15, -0.1) is 0 Å². The molecule has 4 heteroatoms. The van der Waals surface area contributed by atoms with E-state index < -0.39 is 0 Å². The van der Waals surface area contributed by atoms with Gasteiger partial charge in [-0.2, -0.15) is 5.10 Å². The van der Waals surface area contributed by atoms with Crippen LogP contribution in [0, 0.1) is 11.8 Å². The molecular formula is C15H25BrN2O. The molecule has 1 aliphatic rings. The van der Waals surface area contributed by atoms with Gasteiger partial charge in [0.05, 0.1) is 22.5 Å². The van der Waals surface area contributed by atoms with Gasteiger partial charge in [0.15, 0.2) is 0 Å². The third-order valence-corrected chi connectivity index (χ3v) is 5.08. The maximum absolute atomic E-state index is 10.7. The Morgan fingerprint density at radius 1 is 1.37 bits per heavy atom. The van der Waals surface area contributed by atoms with Crippen LogP contribution in [-0.4, -0.2) is 14.9 Å². The average Bonchev–Trinajstić information content (AvgIpc) is 2.80. The zero-order valence-electron chi connectivity index (χ0n) is 12.0. The molecule has 3 nitrogen and oxygen atoms in total. The number of aliphatic hydroxyl groups excluding tert-OH is 1. The SMILES string of the molecule is CCCn1ncc(Br)c1C(O)C1CCC(CC)CC1. The van der Waals surface area contributed by atoms with E-state index in [0.29, 0.717) is 5.92 Å². The monoisotopic (exact) mass is 328 g/mol. The van der Waals surface area contributed by atoms with Gasteiger partial charge in [-0.25, -0.2) is 0 Å². The summed E-state index contributed by atoms with van der Waals surface area (Å²) < 4.78 is 2.91. The summed E-state index contributed by atoms with van der Waals surface area (Å²) in [4.78, 5) is 0. The first-order chi connectivity index (χ1) is 9.17. The van der Waals surface area contributed by atoms with Crippen LogP contribution in [0.5, 0.6) is 0 Å². The van der Waals surface area contributed by atoms with E-state index in [2.05, 4.69) is 34.9 Å². The predicted octanol–water partition coefficient (Wildman–Crippen LogP) is 4.31. The standard InChI is InChI=1S/C15H25BrN2O/c1-3-9-18-14(13(16)10-17-18)15(19)12-7-5-11(4-2)6-8-12/h10-12,15,19H,3-9H2,1-2H3. The van der Waals surface area contributed by atoms with E-state index in [1.165, 1.54) is 19.3 Å². The topological polar surface area (TPSA) is 38.0 Å². The third-order valence-electron chi connectivity index (χ3n) is 4.46. The summed E-state index contributed by atoms with van der Waals surface area (Å²) >= 11 is 3.54. The Balaban J connectivity index is 2.07. The fraction of sp³-hybridized carbons (Fsp3) is 0.800. The van der Waals surface area contributed by atoms with Crippen LogP contribution in [0.25, 0.3) is 0 Å². The van der Waals surface area contributed by atoms with E-state index in [9.17, 15) is 5.11 Å². The molecule has 1 aromatic rings. The highest BCUT2D eigenvalue weighted by Crippen LogP contribution is 2.39. The Morgan fingerprint density at radius 3 is 2.63 bits per heavy atom. The summed E-state index contributed by atoms with van der Waals surface area (Å²) in [6, 6.07) is 0. The lowest BCUT2D eigenvalue weighted by molar-refractivity contribution is 0.0650. The first-order valence-electron chi connectivity index (χ1n) is 7.56. The van der Waals surface area contributed by atoms with Gasteiger partial charge in [-0.05, 0) is 47.0 Å². The highest BCUT2D eigenvalue weighted by molar-refractivity contribution is 9.10. The first-order valence-corrected chi connectivity index (χ1v) is 8.35. The number of rotatable bonds is 5. The van der Waals surface area contributed by atoms with Gasteiger partial charge in [-0.3, -0.25) is 4.68 Å². The Kier molecular flexibility index (Phi) is 5.46. The van der Waals surface area contributed by atoms with E-state index in [0.717, 1.165) is 41.9 Å². The number of aryl methyl sites for hydroxylation is 1. The van der Waals surface area contributed by atoms with E-state index in [1.807, 2.05) is 10.9 Å². The van der Waals surface area contributed by atoms with Gasteiger partial charge < -0.3 is 5.11 Å². The van der Waals surface area contributed by atoms with E-state index in [4.69, 9.17) is 0 Å². The van der Waals surface area contributed by atoms with Gasteiger partial charge in [0, 0.05) is 6.54 Å². The van der Waals surface area contributed by atoms with Crippen LogP contribution < -0.4 is 0 Å². The minimum atomic E-state index is -0.374. The van der Waals surface area contributed by atoms with Crippen molar-refractivity contribution in [1.82, 2.24) is 9.78 Å². The van der Waals surface area contributed by atoms with Gasteiger partial charge in [-0.1, -0.05) is 33.1 Å². The maximum atomic E-state index is 10.7. The average molecular weight is 329 g/mol. The minimum Gasteiger partial charge on any atom is -0.386 e. The van der Waals surface area contributed by atoms with Gasteiger partial charge in [0.25, 0.3) is 0 Å². The van der Waals surface area contributed by atoms with Crippen molar-refractivity contribution in [3.8, 4) is 0 Å². The molecule has 0 saturated heterocycles. The van der Waals surface area contributed by atoms with Crippen LogP contribution in [0.1, 0.15) is 64.2 Å². The zero-order chi connectivity index (χ0) is 13.8. The second-order valence-corrected chi connectivity index (χ2v) is 6.59. The molecule has 1 N–H and O–H groups in total. The summed E-state index contributed by atoms with van der Waals surface area (Å²) in [5.74, 6) is 1.26. The van der Waals surface area contributed by atoms with Gasteiger partial charge in [0.2, 0.25) is 0 Å². The molecule has 1 aliphatic carbocycles. The molecule has 1 heterocycles. The van der Waals surface area contributed by atoms with E-state index in [-0.39, 0.29) is 6.10 Å². The lowest BCUT2D eigenvalue weighted by atomic mass is 9.78. The molecule has 2 rings (SSSR count). The van der Waals surface area contributed by atoms with Crippen molar-refractivity contribution in [2.24, 2.45) is 11.8 Å². The minimum absolute atomic E-state index is 0.374. The summed E-state index contributed by atoms with van der Waals surface area (Å²) in [7, 11) is 0. The summed E-state index contributed by atoms with van der Waals surface area (Å²) in [5.41, 5.74) is 0.974. The fourth-order valence-electron chi connectivity index (χ4n) is 3.19. The first kappa shape index (κ1) is 15.0. The van der Waals surface area contributed by atoms with Crippen LogP contribution in [0.3, 0.4) is 0 Å². The molecule has 0 aromatic carbocycles. The Labute approximate surface area is 124 Å². The van der Waals surface area contributed by atoms with Crippen LogP contribution in [0.2, 0.25) is 0 Å². The van der Waals surface area contributed by atoms with Gasteiger partial charge in [0.1, 0.15) is 0 Å². The second kappa shape index (κ2) is 6.89. The molecule has 0 bridgehead atoms. The normalized spacial score (nSPS) is 25.5. The van der Waals surface area contributed by atoms with E-state index in [1.54, 1.807) is 0 Å². The predicted molar refractivity (Wildman–Crippen MR) is 80.9 cm³/mol.